The number of halogens is 12. The Kier molecular flexibility index (Phi) is 4.95. The molecule has 0 aromatic heterocycles. The summed E-state index contributed by atoms with van der Waals surface area (Å²) in [6.45, 7) is 0. The molecule has 0 aliphatic heterocycles. The Labute approximate surface area is 101 Å². The van der Waals surface area contributed by atoms with E-state index in [-0.39, 0.29) is 0 Å². The molecule has 0 aromatic carbocycles. The Morgan fingerprint density at radius 2 is 0.700 bits per heavy atom. The van der Waals surface area contributed by atoms with Crippen LogP contribution in [0.15, 0.2) is 10.2 Å². The molecule has 0 N–H and O–H groups in total. The first-order chi connectivity index (χ1) is 8.59. The van der Waals surface area contributed by atoms with Crippen LogP contribution in [0.3, 0.4) is 0 Å². The summed E-state index contributed by atoms with van der Waals surface area (Å²) in [6.07, 6.45) is -10.2. The van der Waals surface area contributed by atoms with Crippen LogP contribution in [0, 0.1) is 0 Å². The van der Waals surface area contributed by atoms with E-state index in [1.807, 2.05) is 0 Å². The van der Waals surface area contributed by atoms with E-state index in [0.29, 0.717) is 10.2 Å². The van der Waals surface area contributed by atoms with Gasteiger partial charge in [-0.05, 0) is 0 Å². The number of alkyl halides is 12. The van der Waals surface area contributed by atoms with Gasteiger partial charge in [-0.15, -0.1) is 10.2 Å². The van der Waals surface area contributed by atoms with E-state index in [1.54, 1.807) is 0 Å². The molecule has 14 heteroatoms. The van der Waals surface area contributed by atoms with Gasteiger partial charge < -0.3 is 0 Å². The van der Waals surface area contributed by atoms with Crippen LogP contribution in [0.25, 0.3) is 0 Å². The molecule has 0 fully saturated rings. The van der Waals surface area contributed by atoms with Crippen LogP contribution in [0.1, 0.15) is 0 Å². The van der Waals surface area contributed by atoms with Gasteiger partial charge in [0.15, 0.2) is 0 Å². The molecule has 20 heavy (non-hydrogen) atoms. The molecule has 2 nitrogen and oxygen atoms in total. The second-order valence-electron chi connectivity index (χ2n) is 3.13. The minimum Gasteiger partial charge on any atom is -0.203 e. The summed E-state index contributed by atoms with van der Waals surface area (Å²) in [5.41, 5.74) is 0. The fourth-order valence-corrected chi connectivity index (χ4v) is 0.521. The van der Waals surface area contributed by atoms with E-state index in [0.717, 1.165) is 0 Å². The smallest absolute Gasteiger partial charge is 0.203 e. The Hall–Kier alpha value is -1.24. The molecule has 0 aliphatic carbocycles. The molecule has 0 amide bonds. The van der Waals surface area contributed by atoms with Crippen molar-refractivity contribution in [3.8, 4) is 0 Å². The average molecular weight is 330 g/mol. The SMILES string of the molecule is FC(F)C(F)(F)C(F)(F)N=NC(F)(F)C(F)(F)C(F)F. The van der Waals surface area contributed by atoms with Gasteiger partial charge in [-0.3, -0.25) is 0 Å². The van der Waals surface area contributed by atoms with Gasteiger partial charge in [-0.1, -0.05) is 0 Å². The third kappa shape index (κ3) is 3.26. The van der Waals surface area contributed by atoms with Crippen molar-refractivity contribution in [1.82, 2.24) is 0 Å². The highest BCUT2D eigenvalue weighted by molar-refractivity contribution is 4.88. The zero-order valence-electron chi connectivity index (χ0n) is 8.58. The molecular formula is C6H2F12N2. The van der Waals surface area contributed by atoms with Gasteiger partial charge in [-0.2, -0.15) is 35.1 Å². The number of hydrogen-bond acceptors (Lipinski definition) is 2. The van der Waals surface area contributed by atoms with Gasteiger partial charge in [0, 0.05) is 0 Å². The van der Waals surface area contributed by atoms with Gasteiger partial charge in [0.1, 0.15) is 0 Å². The van der Waals surface area contributed by atoms with E-state index in [2.05, 4.69) is 0 Å². The highest BCUT2D eigenvalue weighted by Crippen LogP contribution is 2.44. The predicted molar refractivity (Wildman–Crippen MR) is 36.7 cm³/mol. The van der Waals surface area contributed by atoms with E-state index in [9.17, 15) is 52.7 Å². The van der Waals surface area contributed by atoms with Crippen LogP contribution in [-0.4, -0.2) is 36.8 Å². The first kappa shape index (κ1) is 18.8. The normalized spacial score (nSPS) is 15.7. The second kappa shape index (κ2) is 5.27. The maximum atomic E-state index is 12.3. The Balaban J connectivity index is 5.41. The van der Waals surface area contributed by atoms with E-state index in [4.69, 9.17) is 0 Å². The largest absolute Gasteiger partial charge is 0.427 e. The molecule has 0 saturated carbocycles. The minimum atomic E-state index is -6.31. The maximum Gasteiger partial charge on any atom is 0.427 e. The minimum absolute atomic E-state index is 0.668. The molecule has 0 aliphatic rings. The Morgan fingerprint density at radius 3 is 0.850 bits per heavy atom. The van der Waals surface area contributed by atoms with E-state index < -0.39 is 36.8 Å². The van der Waals surface area contributed by atoms with Crippen molar-refractivity contribution in [3.63, 3.8) is 0 Å². The van der Waals surface area contributed by atoms with Gasteiger partial charge in [0.05, 0.1) is 0 Å². The lowest BCUT2D eigenvalue weighted by molar-refractivity contribution is -0.279. The standard InChI is InChI=1S/C6H2F12N2/c7-1(8)3(11,12)5(15,16)19-20-6(17,18)4(13,14)2(9)10/h1-2H. The van der Waals surface area contributed by atoms with Crippen LogP contribution in [-0.2, 0) is 0 Å². The summed E-state index contributed by atoms with van der Waals surface area (Å²) >= 11 is 0. The number of rotatable bonds is 6. The van der Waals surface area contributed by atoms with Crippen molar-refractivity contribution >= 4 is 0 Å². The molecule has 0 atom stereocenters. The molecule has 0 aromatic rings. The fourth-order valence-electron chi connectivity index (χ4n) is 0.521. The topological polar surface area (TPSA) is 24.7 Å². The molecule has 0 saturated heterocycles. The third-order valence-electron chi connectivity index (χ3n) is 1.65. The Bertz CT molecular complexity index is 327. The van der Waals surface area contributed by atoms with Crippen molar-refractivity contribution in [3.05, 3.63) is 0 Å². The zero-order valence-corrected chi connectivity index (χ0v) is 8.58. The molecule has 0 heterocycles. The third-order valence-corrected chi connectivity index (χ3v) is 1.65. The van der Waals surface area contributed by atoms with Crippen LogP contribution in [0.4, 0.5) is 52.7 Å². The lowest BCUT2D eigenvalue weighted by Crippen LogP contribution is -2.47. The summed E-state index contributed by atoms with van der Waals surface area (Å²) in [5.74, 6) is -12.6. The van der Waals surface area contributed by atoms with Crippen LogP contribution < -0.4 is 0 Å². The molecule has 120 valence electrons. The van der Waals surface area contributed by atoms with Crippen LogP contribution >= 0.6 is 0 Å². The Morgan fingerprint density at radius 1 is 0.500 bits per heavy atom. The van der Waals surface area contributed by atoms with Crippen LogP contribution in [0.5, 0.6) is 0 Å². The summed E-state index contributed by atoms with van der Waals surface area (Å²) in [5, 5.41) is 1.34. The highest BCUT2D eigenvalue weighted by atomic mass is 19.4. The van der Waals surface area contributed by atoms with Crippen LogP contribution in [0.2, 0.25) is 0 Å². The molecule has 0 bridgehead atoms. The first-order valence-electron chi connectivity index (χ1n) is 4.11. The summed E-state index contributed by atoms with van der Waals surface area (Å²) in [7, 11) is 0. The molecule has 0 spiro atoms. The van der Waals surface area contributed by atoms with E-state index >= 15 is 0 Å². The number of hydrogen-bond donors (Lipinski definition) is 0. The van der Waals surface area contributed by atoms with E-state index in [1.165, 1.54) is 0 Å². The monoisotopic (exact) mass is 330 g/mol. The molecule has 0 unspecified atom stereocenters. The van der Waals surface area contributed by atoms with Gasteiger partial charge in [-0.25, -0.2) is 17.6 Å². The van der Waals surface area contributed by atoms with Gasteiger partial charge in [0.2, 0.25) is 0 Å². The van der Waals surface area contributed by atoms with Crippen molar-refractivity contribution < 1.29 is 52.7 Å². The summed E-state index contributed by atoms with van der Waals surface area (Å²) < 4.78 is 144. The van der Waals surface area contributed by atoms with Crippen molar-refractivity contribution in [2.24, 2.45) is 10.2 Å². The predicted octanol–water partition coefficient (Wildman–Crippen LogP) is 4.43. The quantitative estimate of drug-likeness (QED) is 0.391. The number of azo groups is 1. The maximum absolute atomic E-state index is 12.3. The molecular weight excluding hydrogens is 328 g/mol. The van der Waals surface area contributed by atoms with Crippen molar-refractivity contribution in [2.45, 2.75) is 36.8 Å². The zero-order chi connectivity index (χ0) is 16.6. The second-order valence-corrected chi connectivity index (χ2v) is 3.13. The number of nitrogens with zero attached hydrogens (tertiary/aromatic N) is 2. The summed E-state index contributed by atoms with van der Waals surface area (Å²) in [6, 6.07) is -12.6. The lowest BCUT2D eigenvalue weighted by atomic mass is 10.3. The fraction of sp³-hybridized carbons (Fsp3) is 1.00. The van der Waals surface area contributed by atoms with Crippen molar-refractivity contribution in [1.29, 1.82) is 0 Å². The van der Waals surface area contributed by atoms with Gasteiger partial charge in [0.25, 0.3) is 0 Å². The molecule has 0 rings (SSSR count). The molecule has 0 radical (unpaired) electrons. The van der Waals surface area contributed by atoms with Crippen molar-refractivity contribution in [2.75, 3.05) is 0 Å². The first-order valence-corrected chi connectivity index (χ1v) is 4.11. The average Bonchev–Trinajstić information content (AvgIpc) is 2.25. The highest BCUT2D eigenvalue weighted by Gasteiger charge is 2.67. The van der Waals surface area contributed by atoms with Gasteiger partial charge >= 0.3 is 36.8 Å². The lowest BCUT2D eigenvalue weighted by Gasteiger charge is -2.23. The summed E-state index contributed by atoms with van der Waals surface area (Å²) in [4.78, 5) is 0.